The molecule has 96 valence electrons. The quantitative estimate of drug-likeness (QED) is 0.664. The number of pyridine rings is 1. The van der Waals surface area contributed by atoms with Crippen molar-refractivity contribution in [1.82, 2.24) is 15.4 Å². The standard InChI is InChI=1S/C10H9F3N4S/c11-10(12,13)7-1-2-15-3-6(7)9(17-14)8-4-16-5-18-8/h1-5,9,17H,14H2. The number of hydrogen-bond donors (Lipinski definition) is 2. The summed E-state index contributed by atoms with van der Waals surface area (Å²) in [6, 6.07) is 0.156. The fourth-order valence-electron chi connectivity index (χ4n) is 1.59. The van der Waals surface area contributed by atoms with Crippen LogP contribution in [0.2, 0.25) is 0 Å². The van der Waals surface area contributed by atoms with E-state index in [0.29, 0.717) is 4.88 Å². The number of hydrogen-bond acceptors (Lipinski definition) is 5. The number of rotatable bonds is 3. The molecule has 3 N–H and O–H groups in total. The molecule has 8 heteroatoms. The molecule has 0 saturated heterocycles. The van der Waals surface area contributed by atoms with Gasteiger partial charge in [-0.05, 0) is 6.07 Å². The van der Waals surface area contributed by atoms with Crippen LogP contribution in [0.4, 0.5) is 13.2 Å². The van der Waals surface area contributed by atoms with E-state index in [1.807, 2.05) is 0 Å². The van der Waals surface area contributed by atoms with Crippen LogP contribution >= 0.6 is 11.3 Å². The van der Waals surface area contributed by atoms with Crippen LogP contribution in [0.3, 0.4) is 0 Å². The first-order chi connectivity index (χ1) is 8.54. The van der Waals surface area contributed by atoms with Crippen molar-refractivity contribution in [2.24, 2.45) is 5.84 Å². The zero-order valence-corrected chi connectivity index (χ0v) is 9.79. The van der Waals surface area contributed by atoms with E-state index in [1.54, 1.807) is 0 Å². The van der Waals surface area contributed by atoms with Crippen molar-refractivity contribution in [3.05, 3.63) is 46.2 Å². The first kappa shape index (κ1) is 12.9. The zero-order valence-electron chi connectivity index (χ0n) is 8.98. The van der Waals surface area contributed by atoms with Gasteiger partial charge in [0, 0.05) is 29.0 Å². The third-order valence-corrected chi connectivity index (χ3v) is 3.21. The molecule has 0 aliphatic rings. The second-order valence-electron chi connectivity index (χ2n) is 3.46. The van der Waals surface area contributed by atoms with Crippen LogP contribution in [0.15, 0.2) is 30.2 Å². The van der Waals surface area contributed by atoms with Crippen molar-refractivity contribution < 1.29 is 13.2 Å². The normalized spacial score (nSPS) is 13.6. The van der Waals surface area contributed by atoms with E-state index in [-0.39, 0.29) is 5.56 Å². The first-order valence-corrected chi connectivity index (χ1v) is 5.77. The van der Waals surface area contributed by atoms with Crippen LogP contribution in [0.5, 0.6) is 0 Å². The smallest absolute Gasteiger partial charge is 0.271 e. The fraction of sp³-hybridized carbons (Fsp3) is 0.200. The second kappa shape index (κ2) is 5.01. The molecule has 0 aliphatic carbocycles. The van der Waals surface area contributed by atoms with Gasteiger partial charge in [-0.3, -0.25) is 15.8 Å². The highest BCUT2D eigenvalue weighted by Crippen LogP contribution is 2.36. The Morgan fingerprint density at radius 1 is 1.28 bits per heavy atom. The van der Waals surface area contributed by atoms with Crippen LogP contribution in [-0.4, -0.2) is 9.97 Å². The van der Waals surface area contributed by atoms with Crippen molar-refractivity contribution in [2.45, 2.75) is 12.2 Å². The van der Waals surface area contributed by atoms with Gasteiger partial charge in [0.25, 0.3) is 0 Å². The second-order valence-corrected chi connectivity index (χ2v) is 4.38. The van der Waals surface area contributed by atoms with Crippen LogP contribution < -0.4 is 11.3 Å². The lowest BCUT2D eigenvalue weighted by atomic mass is 10.0. The summed E-state index contributed by atoms with van der Waals surface area (Å²) in [6.45, 7) is 0. The van der Waals surface area contributed by atoms with Crippen LogP contribution in [0, 0.1) is 0 Å². The van der Waals surface area contributed by atoms with E-state index in [2.05, 4.69) is 15.4 Å². The molecule has 4 nitrogen and oxygen atoms in total. The van der Waals surface area contributed by atoms with Gasteiger partial charge in [-0.25, -0.2) is 5.43 Å². The molecule has 1 atom stereocenters. The average molecular weight is 274 g/mol. The Bertz CT molecular complexity index is 512. The highest BCUT2D eigenvalue weighted by molar-refractivity contribution is 7.09. The Morgan fingerprint density at radius 2 is 2.06 bits per heavy atom. The topological polar surface area (TPSA) is 63.8 Å². The summed E-state index contributed by atoms with van der Waals surface area (Å²) in [5.41, 5.74) is 3.12. The molecule has 0 aliphatic heterocycles. The number of nitrogens with two attached hydrogens (primary N) is 1. The van der Waals surface area contributed by atoms with Gasteiger partial charge in [0.15, 0.2) is 0 Å². The third-order valence-electron chi connectivity index (χ3n) is 2.37. The minimum atomic E-state index is -4.45. The lowest BCUT2D eigenvalue weighted by Gasteiger charge is -2.19. The van der Waals surface area contributed by atoms with Gasteiger partial charge in [-0.1, -0.05) is 0 Å². The molecule has 18 heavy (non-hydrogen) atoms. The number of aromatic nitrogens is 2. The first-order valence-electron chi connectivity index (χ1n) is 4.89. The van der Waals surface area contributed by atoms with Gasteiger partial charge >= 0.3 is 6.18 Å². The Balaban J connectivity index is 2.50. The maximum Gasteiger partial charge on any atom is 0.416 e. The monoisotopic (exact) mass is 274 g/mol. The van der Waals surface area contributed by atoms with E-state index in [4.69, 9.17) is 5.84 Å². The summed E-state index contributed by atoms with van der Waals surface area (Å²) in [6.07, 6.45) is -0.708. The van der Waals surface area contributed by atoms with Gasteiger partial charge in [0.1, 0.15) is 0 Å². The van der Waals surface area contributed by atoms with Crippen molar-refractivity contribution in [2.75, 3.05) is 0 Å². The van der Waals surface area contributed by atoms with Gasteiger partial charge in [-0.15, -0.1) is 11.3 Å². The summed E-state index contributed by atoms with van der Waals surface area (Å²) in [5.74, 6) is 5.34. The predicted molar refractivity (Wildman–Crippen MR) is 60.5 cm³/mol. The van der Waals surface area contributed by atoms with Gasteiger partial charge < -0.3 is 0 Å². The number of nitrogens with one attached hydrogen (secondary N) is 1. The Morgan fingerprint density at radius 3 is 2.61 bits per heavy atom. The number of thiazole rings is 1. The Hall–Kier alpha value is -1.51. The van der Waals surface area contributed by atoms with Crippen LogP contribution in [-0.2, 0) is 6.18 Å². The maximum absolute atomic E-state index is 12.9. The van der Waals surface area contributed by atoms with Gasteiger partial charge in [0.2, 0.25) is 0 Å². The zero-order chi connectivity index (χ0) is 13.2. The van der Waals surface area contributed by atoms with E-state index in [1.165, 1.54) is 23.0 Å². The molecule has 2 heterocycles. The number of alkyl halides is 3. The van der Waals surface area contributed by atoms with E-state index >= 15 is 0 Å². The minimum absolute atomic E-state index is 0.0169. The van der Waals surface area contributed by atoms with Crippen molar-refractivity contribution in [3.63, 3.8) is 0 Å². The Kier molecular flexibility index (Phi) is 3.60. The summed E-state index contributed by atoms with van der Waals surface area (Å²) >= 11 is 1.22. The van der Waals surface area contributed by atoms with Crippen LogP contribution in [0.25, 0.3) is 0 Å². The minimum Gasteiger partial charge on any atom is -0.271 e. The summed E-state index contributed by atoms with van der Waals surface area (Å²) in [4.78, 5) is 8.15. The van der Waals surface area contributed by atoms with Gasteiger partial charge in [0.05, 0.1) is 17.1 Å². The SMILES string of the molecule is NNC(c1cncs1)c1cnccc1C(F)(F)F. The highest BCUT2D eigenvalue weighted by atomic mass is 32.1. The molecule has 0 bridgehead atoms. The number of nitrogens with zero attached hydrogens (tertiary/aromatic N) is 2. The van der Waals surface area contributed by atoms with Crippen LogP contribution in [0.1, 0.15) is 22.0 Å². The largest absolute Gasteiger partial charge is 0.416 e. The van der Waals surface area contributed by atoms with E-state index < -0.39 is 17.8 Å². The summed E-state index contributed by atoms with van der Waals surface area (Å²) < 4.78 is 38.6. The predicted octanol–water partition coefficient (Wildman–Crippen LogP) is 2.11. The molecule has 0 saturated carbocycles. The molecule has 0 amide bonds. The summed E-state index contributed by atoms with van der Waals surface area (Å²) in [7, 11) is 0. The lowest BCUT2D eigenvalue weighted by Crippen LogP contribution is -2.30. The van der Waals surface area contributed by atoms with E-state index in [9.17, 15) is 13.2 Å². The van der Waals surface area contributed by atoms with Crippen molar-refractivity contribution in [3.8, 4) is 0 Å². The molecule has 0 fully saturated rings. The highest BCUT2D eigenvalue weighted by Gasteiger charge is 2.35. The van der Waals surface area contributed by atoms with Crippen molar-refractivity contribution in [1.29, 1.82) is 0 Å². The molecule has 2 rings (SSSR count). The fourth-order valence-corrected chi connectivity index (χ4v) is 2.28. The summed E-state index contributed by atoms with van der Waals surface area (Å²) in [5, 5.41) is 0. The van der Waals surface area contributed by atoms with E-state index in [0.717, 1.165) is 18.5 Å². The molecule has 1 unspecified atom stereocenters. The third kappa shape index (κ3) is 2.50. The number of hydrazine groups is 1. The Labute approximate surface area is 105 Å². The average Bonchev–Trinajstić information content (AvgIpc) is 2.83. The molecular weight excluding hydrogens is 265 g/mol. The van der Waals surface area contributed by atoms with Gasteiger partial charge in [-0.2, -0.15) is 13.2 Å². The maximum atomic E-state index is 12.9. The molecule has 2 aromatic rings. The molecule has 2 aromatic heterocycles. The molecule has 0 spiro atoms. The molecular formula is C10H9F3N4S. The molecule has 0 radical (unpaired) electrons. The van der Waals surface area contributed by atoms with Crippen molar-refractivity contribution >= 4 is 11.3 Å². The number of halogens is 3. The molecule has 0 aromatic carbocycles. The lowest BCUT2D eigenvalue weighted by molar-refractivity contribution is -0.138.